The average Bonchev–Trinajstić information content (AvgIpc) is 2.14. The van der Waals surface area contributed by atoms with E-state index in [0.29, 0.717) is 6.61 Å². The van der Waals surface area contributed by atoms with Crippen LogP contribution in [-0.2, 0) is 9.53 Å². The van der Waals surface area contributed by atoms with Gasteiger partial charge in [0.15, 0.2) is 0 Å². The predicted octanol–water partition coefficient (Wildman–Crippen LogP) is 1.50. The van der Waals surface area contributed by atoms with Crippen LogP contribution in [0, 0.1) is 0 Å². The molecule has 0 saturated heterocycles. The fourth-order valence-electron chi connectivity index (χ4n) is 0.652. The molecule has 0 radical (unpaired) electrons. The van der Waals surface area contributed by atoms with Gasteiger partial charge >= 0.3 is 12.1 Å². The molecule has 0 rings (SSSR count). The third-order valence-electron chi connectivity index (χ3n) is 1.47. The SMILES string of the molecule is CCCCOC(=O)C(C)=CNC(=O)O. The summed E-state index contributed by atoms with van der Waals surface area (Å²) >= 11 is 0. The molecule has 5 nitrogen and oxygen atoms in total. The number of rotatable bonds is 5. The standard InChI is InChI=1S/C9H15NO4/c1-3-4-5-14-8(11)7(2)6-10-9(12)13/h6,10H,3-5H2,1-2H3,(H,12,13). The van der Waals surface area contributed by atoms with E-state index in [2.05, 4.69) is 0 Å². The van der Waals surface area contributed by atoms with Crippen LogP contribution in [0.15, 0.2) is 11.8 Å². The van der Waals surface area contributed by atoms with E-state index in [9.17, 15) is 9.59 Å². The summed E-state index contributed by atoms with van der Waals surface area (Å²) in [4.78, 5) is 21.2. The van der Waals surface area contributed by atoms with Gasteiger partial charge in [-0.25, -0.2) is 9.59 Å². The maximum atomic E-state index is 11.1. The van der Waals surface area contributed by atoms with E-state index in [1.807, 2.05) is 12.2 Å². The number of unbranched alkanes of at least 4 members (excludes halogenated alkanes) is 1. The first kappa shape index (κ1) is 12.5. The minimum Gasteiger partial charge on any atom is -0.465 e. The van der Waals surface area contributed by atoms with Gasteiger partial charge in [0.05, 0.1) is 12.2 Å². The van der Waals surface area contributed by atoms with Crippen molar-refractivity contribution in [1.82, 2.24) is 5.32 Å². The zero-order valence-corrected chi connectivity index (χ0v) is 8.37. The number of amides is 1. The van der Waals surface area contributed by atoms with Crippen LogP contribution in [0.25, 0.3) is 0 Å². The van der Waals surface area contributed by atoms with Crippen molar-refractivity contribution in [2.24, 2.45) is 0 Å². The number of carbonyl (C=O) groups is 2. The van der Waals surface area contributed by atoms with E-state index in [-0.39, 0.29) is 5.57 Å². The zero-order valence-electron chi connectivity index (χ0n) is 8.37. The lowest BCUT2D eigenvalue weighted by Gasteiger charge is -2.03. The molecule has 2 N–H and O–H groups in total. The van der Waals surface area contributed by atoms with Crippen molar-refractivity contribution < 1.29 is 19.4 Å². The van der Waals surface area contributed by atoms with Crippen molar-refractivity contribution in [3.05, 3.63) is 11.8 Å². The monoisotopic (exact) mass is 201 g/mol. The summed E-state index contributed by atoms with van der Waals surface area (Å²) in [5.41, 5.74) is 0.239. The Morgan fingerprint density at radius 3 is 2.64 bits per heavy atom. The molecule has 0 spiro atoms. The largest absolute Gasteiger partial charge is 0.465 e. The highest BCUT2D eigenvalue weighted by atomic mass is 16.5. The lowest BCUT2D eigenvalue weighted by Crippen LogP contribution is -2.16. The quantitative estimate of drug-likeness (QED) is 0.401. The second-order valence-corrected chi connectivity index (χ2v) is 2.77. The van der Waals surface area contributed by atoms with Crippen molar-refractivity contribution in [1.29, 1.82) is 0 Å². The van der Waals surface area contributed by atoms with Crippen LogP contribution in [-0.4, -0.2) is 23.8 Å². The van der Waals surface area contributed by atoms with Gasteiger partial charge in [-0.05, 0) is 13.3 Å². The number of hydrogen-bond donors (Lipinski definition) is 2. The third-order valence-corrected chi connectivity index (χ3v) is 1.47. The summed E-state index contributed by atoms with van der Waals surface area (Å²) in [5.74, 6) is -0.493. The van der Waals surface area contributed by atoms with Gasteiger partial charge in [-0.1, -0.05) is 13.3 Å². The van der Waals surface area contributed by atoms with Crippen LogP contribution in [0.1, 0.15) is 26.7 Å². The van der Waals surface area contributed by atoms with E-state index < -0.39 is 12.1 Å². The summed E-state index contributed by atoms with van der Waals surface area (Å²) in [5, 5.41) is 10.2. The average molecular weight is 201 g/mol. The first-order valence-corrected chi connectivity index (χ1v) is 4.41. The Morgan fingerprint density at radius 1 is 1.50 bits per heavy atom. The van der Waals surface area contributed by atoms with Gasteiger partial charge in [0.25, 0.3) is 0 Å². The Kier molecular flexibility index (Phi) is 6.19. The van der Waals surface area contributed by atoms with Crippen LogP contribution in [0.3, 0.4) is 0 Å². The summed E-state index contributed by atoms with van der Waals surface area (Å²) in [6, 6.07) is 0. The number of esters is 1. The van der Waals surface area contributed by atoms with Crippen molar-refractivity contribution in [2.45, 2.75) is 26.7 Å². The Labute approximate surface area is 82.7 Å². The highest BCUT2D eigenvalue weighted by molar-refractivity contribution is 5.88. The Hall–Kier alpha value is -1.52. The molecule has 0 atom stereocenters. The van der Waals surface area contributed by atoms with Gasteiger partial charge in [0, 0.05) is 6.20 Å². The third kappa shape index (κ3) is 6.05. The fourth-order valence-corrected chi connectivity index (χ4v) is 0.652. The predicted molar refractivity (Wildman–Crippen MR) is 50.8 cm³/mol. The summed E-state index contributed by atoms with van der Waals surface area (Å²) in [6.45, 7) is 3.85. The van der Waals surface area contributed by atoms with Gasteiger partial charge in [-0.15, -0.1) is 0 Å². The van der Waals surface area contributed by atoms with Crippen LogP contribution >= 0.6 is 0 Å². The van der Waals surface area contributed by atoms with Crippen LogP contribution in [0.5, 0.6) is 0 Å². The van der Waals surface area contributed by atoms with Crippen LogP contribution < -0.4 is 5.32 Å². The maximum Gasteiger partial charge on any atom is 0.408 e. The van der Waals surface area contributed by atoms with Crippen LogP contribution in [0.4, 0.5) is 4.79 Å². The van der Waals surface area contributed by atoms with Crippen LogP contribution in [0.2, 0.25) is 0 Å². The molecular weight excluding hydrogens is 186 g/mol. The molecule has 0 unspecified atom stereocenters. The Balaban J connectivity index is 3.86. The Morgan fingerprint density at radius 2 is 2.14 bits per heavy atom. The second kappa shape index (κ2) is 6.94. The Bertz CT molecular complexity index is 235. The molecule has 0 aliphatic carbocycles. The first-order chi connectivity index (χ1) is 6.57. The van der Waals surface area contributed by atoms with Crippen molar-refractivity contribution >= 4 is 12.1 Å². The van der Waals surface area contributed by atoms with Crippen molar-refractivity contribution in [3.63, 3.8) is 0 Å². The number of hydrogen-bond acceptors (Lipinski definition) is 3. The van der Waals surface area contributed by atoms with E-state index >= 15 is 0 Å². The van der Waals surface area contributed by atoms with Gasteiger partial charge < -0.3 is 9.84 Å². The molecule has 1 amide bonds. The van der Waals surface area contributed by atoms with Gasteiger partial charge in [0.2, 0.25) is 0 Å². The van der Waals surface area contributed by atoms with Crippen molar-refractivity contribution in [2.75, 3.05) is 6.61 Å². The number of carbonyl (C=O) groups excluding carboxylic acids is 1. The number of carboxylic acid groups (broad SMARTS) is 1. The van der Waals surface area contributed by atoms with Crippen molar-refractivity contribution in [3.8, 4) is 0 Å². The maximum absolute atomic E-state index is 11.1. The minimum absolute atomic E-state index is 0.239. The summed E-state index contributed by atoms with van der Waals surface area (Å²) in [6.07, 6.45) is 1.66. The molecule has 0 aromatic heterocycles. The molecule has 0 bridgehead atoms. The van der Waals surface area contributed by atoms with Gasteiger partial charge in [0.1, 0.15) is 0 Å². The molecule has 0 aliphatic heterocycles. The smallest absolute Gasteiger partial charge is 0.408 e. The van der Waals surface area contributed by atoms with E-state index in [1.54, 1.807) is 0 Å². The molecule has 80 valence electrons. The lowest BCUT2D eigenvalue weighted by atomic mass is 10.3. The summed E-state index contributed by atoms with van der Waals surface area (Å²) in [7, 11) is 0. The molecule has 14 heavy (non-hydrogen) atoms. The van der Waals surface area contributed by atoms with Gasteiger partial charge in [-0.3, -0.25) is 5.32 Å². The molecule has 5 heteroatoms. The molecule has 0 aromatic rings. The van der Waals surface area contributed by atoms with E-state index in [4.69, 9.17) is 9.84 Å². The molecule has 0 aliphatic rings. The highest BCUT2D eigenvalue weighted by Crippen LogP contribution is 1.97. The topological polar surface area (TPSA) is 75.6 Å². The minimum atomic E-state index is -1.20. The lowest BCUT2D eigenvalue weighted by molar-refractivity contribution is -0.139. The first-order valence-electron chi connectivity index (χ1n) is 4.41. The fraction of sp³-hybridized carbons (Fsp3) is 0.556. The second-order valence-electron chi connectivity index (χ2n) is 2.77. The highest BCUT2D eigenvalue weighted by Gasteiger charge is 2.05. The van der Waals surface area contributed by atoms with E-state index in [1.165, 1.54) is 6.92 Å². The molecular formula is C9H15NO4. The van der Waals surface area contributed by atoms with Gasteiger partial charge in [-0.2, -0.15) is 0 Å². The number of nitrogens with one attached hydrogen (secondary N) is 1. The zero-order chi connectivity index (χ0) is 11.0. The summed E-state index contributed by atoms with van der Waals surface area (Å²) < 4.78 is 4.84. The van der Waals surface area contributed by atoms with E-state index in [0.717, 1.165) is 19.0 Å². The molecule has 0 saturated carbocycles. The molecule has 0 heterocycles. The normalized spacial score (nSPS) is 10.9. The molecule has 0 aromatic carbocycles. The molecule has 0 fully saturated rings. The number of ether oxygens (including phenoxy) is 1.